The third-order valence-electron chi connectivity index (χ3n) is 7.59. The fourth-order valence-corrected chi connectivity index (χ4v) is 5.79. The summed E-state index contributed by atoms with van der Waals surface area (Å²) in [6, 6.07) is 29.3. The van der Waals surface area contributed by atoms with E-state index in [1.54, 1.807) is 0 Å². The summed E-state index contributed by atoms with van der Waals surface area (Å²) >= 11 is 0. The summed E-state index contributed by atoms with van der Waals surface area (Å²) in [5, 5.41) is 7.27. The van der Waals surface area contributed by atoms with E-state index in [1.807, 2.05) is 65.7 Å². The van der Waals surface area contributed by atoms with Gasteiger partial charge in [-0.2, -0.15) is 0 Å². The molecule has 1 heterocycles. The molecule has 8 heteroatoms. The second-order valence-electron chi connectivity index (χ2n) is 12.5. The van der Waals surface area contributed by atoms with Gasteiger partial charge in [-0.25, -0.2) is 9.80 Å². The van der Waals surface area contributed by atoms with Gasteiger partial charge in [0, 0.05) is 27.8 Å². The van der Waals surface area contributed by atoms with Crippen molar-refractivity contribution in [3.05, 3.63) is 102 Å². The van der Waals surface area contributed by atoms with Gasteiger partial charge in [-0.1, -0.05) is 106 Å². The van der Waals surface area contributed by atoms with Crippen molar-refractivity contribution in [2.45, 2.75) is 77.1 Å². The van der Waals surface area contributed by atoms with Gasteiger partial charge in [-0.3, -0.25) is 5.01 Å². The predicted molar refractivity (Wildman–Crippen MR) is 176 cm³/mol. The zero-order chi connectivity index (χ0) is 30.5. The van der Waals surface area contributed by atoms with Crippen LogP contribution in [0.5, 0.6) is 5.75 Å². The first-order chi connectivity index (χ1) is 20.8. The van der Waals surface area contributed by atoms with Gasteiger partial charge in [0.15, 0.2) is 0 Å². The minimum atomic E-state index is -1.20. The third kappa shape index (κ3) is 11.1. The zero-order valence-electron chi connectivity index (χ0n) is 26.3. The Bertz CT molecular complexity index is 1240. The minimum absolute atomic E-state index is 0.139. The first kappa shape index (κ1) is 32.7. The summed E-state index contributed by atoms with van der Waals surface area (Å²) in [5.74, 6) is 0.828. The van der Waals surface area contributed by atoms with Crippen molar-refractivity contribution >= 4 is 14.1 Å². The Morgan fingerprint density at radius 3 is 2.26 bits per heavy atom. The molecule has 232 valence electrons. The number of ether oxygens (including phenoxy) is 3. The lowest BCUT2D eigenvalue weighted by atomic mass is 10.0. The van der Waals surface area contributed by atoms with E-state index in [2.05, 4.69) is 61.2 Å². The molecule has 2 amide bonds. The maximum atomic E-state index is 14.0. The Morgan fingerprint density at radius 2 is 1.56 bits per heavy atom. The third-order valence-corrected chi connectivity index (χ3v) is 9.29. The van der Waals surface area contributed by atoms with Crippen molar-refractivity contribution in [3.8, 4) is 5.75 Å². The quantitative estimate of drug-likeness (QED) is 0.107. The second-order valence-corrected chi connectivity index (χ2v) is 18.1. The number of carbonyl (C=O) groups excluding carboxylic acids is 1. The molecule has 1 fully saturated rings. The van der Waals surface area contributed by atoms with E-state index >= 15 is 0 Å². The molecule has 3 aromatic rings. The number of nitrogens with one attached hydrogen (secondary N) is 1. The van der Waals surface area contributed by atoms with Crippen LogP contribution < -0.4 is 10.1 Å². The molecule has 0 bridgehead atoms. The van der Waals surface area contributed by atoms with E-state index in [-0.39, 0.29) is 25.0 Å². The lowest BCUT2D eigenvalue weighted by Crippen LogP contribution is -2.48. The molecular weight excluding hydrogens is 554 g/mol. The molecule has 0 radical (unpaired) electrons. The molecule has 1 aliphatic heterocycles. The number of carbonyl (C=O) groups is 1. The number of hydrogen-bond donors (Lipinski definition) is 1. The fraction of sp³-hybridized carbons (Fsp3) is 0.457. The standard InChI is InChI=1S/C35H49N3O4Si/c1-5-6-20-41-32-19-13-18-31(23-32)26-38-35(39)36-33(24-29-14-9-7-10-15-29)34(42-28-40-21-22-43(2,3)4)27-37(38)25-30-16-11-8-12-17-30/h7-19,23,33-34H,5-6,20-22,24-28H2,1-4H3,(H,36,39)/t33-,34-/m1/s1. The summed E-state index contributed by atoms with van der Waals surface area (Å²) in [6.45, 7) is 12.3. The number of hydrazine groups is 1. The Hall–Kier alpha value is -3.17. The molecule has 0 saturated carbocycles. The predicted octanol–water partition coefficient (Wildman–Crippen LogP) is 7.12. The highest BCUT2D eigenvalue weighted by atomic mass is 28.3. The smallest absolute Gasteiger partial charge is 0.332 e. The molecule has 0 unspecified atom stereocenters. The lowest BCUT2D eigenvalue weighted by Gasteiger charge is -2.34. The molecule has 1 saturated heterocycles. The van der Waals surface area contributed by atoms with Crippen molar-refractivity contribution in [3.63, 3.8) is 0 Å². The molecule has 0 aliphatic carbocycles. The average molecular weight is 604 g/mol. The Morgan fingerprint density at radius 1 is 0.860 bits per heavy atom. The number of benzene rings is 3. The number of amides is 2. The Labute approximate surface area is 259 Å². The van der Waals surface area contributed by atoms with E-state index in [0.29, 0.717) is 39.3 Å². The number of hydrogen-bond acceptors (Lipinski definition) is 5. The molecule has 4 rings (SSSR count). The van der Waals surface area contributed by atoms with Gasteiger partial charge in [0.05, 0.1) is 25.3 Å². The van der Waals surface area contributed by atoms with E-state index in [1.165, 1.54) is 0 Å². The second kappa shape index (κ2) is 16.6. The maximum Gasteiger partial charge on any atom is 0.332 e. The Balaban J connectivity index is 1.57. The van der Waals surface area contributed by atoms with Gasteiger partial charge in [-0.15, -0.1) is 0 Å². The molecule has 0 spiro atoms. The minimum Gasteiger partial charge on any atom is -0.494 e. The van der Waals surface area contributed by atoms with E-state index in [9.17, 15) is 4.79 Å². The van der Waals surface area contributed by atoms with Gasteiger partial charge in [-0.05, 0) is 47.7 Å². The number of urea groups is 1. The van der Waals surface area contributed by atoms with Crippen LogP contribution in [0.3, 0.4) is 0 Å². The molecule has 1 aliphatic rings. The van der Waals surface area contributed by atoms with E-state index in [0.717, 1.165) is 41.3 Å². The topological polar surface area (TPSA) is 63.3 Å². The highest BCUT2D eigenvalue weighted by Gasteiger charge is 2.36. The van der Waals surface area contributed by atoms with Crippen molar-refractivity contribution < 1.29 is 19.0 Å². The van der Waals surface area contributed by atoms with E-state index < -0.39 is 8.07 Å². The highest BCUT2D eigenvalue weighted by molar-refractivity contribution is 6.76. The van der Waals surface area contributed by atoms with Crippen LogP contribution in [0.1, 0.15) is 36.5 Å². The van der Waals surface area contributed by atoms with Crippen LogP contribution in [0.2, 0.25) is 25.7 Å². The normalized spacial score (nSPS) is 17.9. The van der Waals surface area contributed by atoms with E-state index in [4.69, 9.17) is 14.2 Å². The molecule has 0 aromatic heterocycles. The van der Waals surface area contributed by atoms with Crippen LogP contribution in [0.15, 0.2) is 84.9 Å². The van der Waals surface area contributed by atoms with Crippen LogP contribution in [-0.2, 0) is 29.0 Å². The summed E-state index contributed by atoms with van der Waals surface area (Å²) in [7, 11) is -1.20. The Kier molecular flexibility index (Phi) is 12.6. The van der Waals surface area contributed by atoms with Crippen LogP contribution in [0.4, 0.5) is 4.79 Å². The van der Waals surface area contributed by atoms with Crippen LogP contribution >= 0.6 is 0 Å². The van der Waals surface area contributed by atoms with Crippen molar-refractivity contribution in [2.24, 2.45) is 0 Å². The van der Waals surface area contributed by atoms with Gasteiger partial charge in [0.1, 0.15) is 12.5 Å². The fourth-order valence-electron chi connectivity index (χ4n) is 5.04. The summed E-state index contributed by atoms with van der Waals surface area (Å²) in [6.07, 6.45) is 2.49. The maximum absolute atomic E-state index is 14.0. The number of rotatable bonds is 16. The highest BCUT2D eigenvalue weighted by Crippen LogP contribution is 2.22. The molecule has 7 nitrogen and oxygen atoms in total. The van der Waals surface area contributed by atoms with Crippen LogP contribution in [-0.4, -0.2) is 62.8 Å². The van der Waals surface area contributed by atoms with Gasteiger partial charge in [0.2, 0.25) is 0 Å². The molecule has 2 atom stereocenters. The summed E-state index contributed by atoms with van der Waals surface area (Å²) in [5.41, 5.74) is 3.29. The van der Waals surface area contributed by atoms with Crippen LogP contribution in [0, 0.1) is 0 Å². The number of nitrogens with zero attached hydrogens (tertiary/aromatic N) is 2. The van der Waals surface area contributed by atoms with Gasteiger partial charge < -0.3 is 19.5 Å². The van der Waals surface area contributed by atoms with Crippen LogP contribution in [0.25, 0.3) is 0 Å². The SMILES string of the molecule is CCCCOc1cccc(CN2C(=O)N[C@H](Cc3ccccc3)[C@H](OCOCC[Si](C)(C)C)CN2Cc2ccccc2)c1. The summed E-state index contributed by atoms with van der Waals surface area (Å²) < 4.78 is 18.4. The van der Waals surface area contributed by atoms with Gasteiger partial charge in [0.25, 0.3) is 0 Å². The zero-order valence-corrected chi connectivity index (χ0v) is 27.3. The molecular formula is C35H49N3O4Si. The largest absolute Gasteiger partial charge is 0.494 e. The molecule has 1 N–H and O–H groups in total. The lowest BCUT2D eigenvalue weighted by molar-refractivity contribution is -0.114. The van der Waals surface area contributed by atoms with Crippen molar-refractivity contribution in [1.82, 2.24) is 15.3 Å². The number of unbranched alkanes of at least 4 members (excludes halogenated alkanes) is 1. The van der Waals surface area contributed by atoms with Crippen molar-refractivity contribution in [2.75, 3.05) is 26.6 Å². The summed E-state index contributed by atoms with van der Waals surface area (Å²) in [4.78, 5) is 14.0. The molecule has 43 heavy (non-hydrogen) atoms. The van der Waals surface area contributed by atoms with Gasteiger partial charge >= 0.3 is 6.03 Å². The average Bonchev–Trinajstić information content (AvgIpc) is 3.10. The molecule has 3 aromatic carbocycles. The monoisotopic (exact) mass is 603 g/mol. The first-order valence-electron chi connectivity index (χ1n) is 15.6. The first-order valence-corrected chi connectivity index (χ1v) is 19.3. The van der Waals surface area contributed by atoms with Crippen molar-refractivity contribution in [1.29, 1.82) is 0 Å².